The molecule has 4 fully saturated rings. The first kappa shape index (κ1) is 28.9. The number of Topliss-reactive ketones (excluding diaryl/α,β-unsaturated/α-hetero) is 2. The minimum Gasteiger partial charge on any atom is -0.392 e. The van der Waals surface area contributed by atoms with Gasteiger partial charge in [0.1, 0.15) is 11.9 Å². The Morgan fingerprint density at radius 1 is 1.15 bits per heavy atom. The Kier molecular flexibility index (Phi) is 7.00. The number of carbonyl (C=O) groups is 2. The van der Waals surface area contributed by atoms with Gasteiger partial charge >= 0.3 is 0 Å². The SMILES string of the molecule is CC(Cc1ccccc1)C(=O)CC1CC2(O)C(N)C3C4(C)COC4CC(O)C3(C)C(O)C(=O)C(C1C)C2(C)C. The van der Waals surface area contributed by atoms with Gasteiger partial charge in [-0.3, -0.25) is 9.59 Å². The van der Waals surface area contributed by atoms with Gasteiger partial charge < -0.3 is 25.8 Å². The molecule has 4 aliphatic rings. The van der Waals surface area contributed by atoms with E-state index in [1.54, 1.807) is 6.92 Å². The maximum atomic E-state index is 14.3. The molecule has 216 valence electrons. The summed E-state index contributed by atoms with van der Waals surface area (Å²) in [5, 5.41) is 35.8. The second kappa shape index (κ2) is 9.45. The zero-order chi connectivity index (χ0) is 28.7. The number of nitrogens with two attached hydrogens (primary N) is 1. The van der Waals surface area contributed by atoms with Crippen LogP contribution in [0.2, 0.25) is 0 Å². The van der Waals surface area contributed by atoms with Crippen LogP contribution in [-0.4, -0.2) is 63.4 Å². The van der Waals surface area contributed by atoms with Crippen LogP contribution in [0.3, 0.4) is 0 Å². The molecule has 5 rings (SSSR count). The molecule has 0 aromatic heterocycles. The first-order valence-electron chi connectivity index (χ1n) is 14.7. The highest BCUT2D eigenvalue weighted by Crippen LogP contribution is 2.66. The summed E-state index contributed by atoms with van der Waals surface area (Å²) >= 11 is 0. The lowest BCUT2D eigenvalue weighted by molar-refractivity contribution is -0.316. The van der Waals surface area contributed by atoms with Gasteiger partial charge in [-0.25, -0.2) is 0 Å². The lowest BCUT2D eigenvalue weighted by Gasteiger charge is -2.70. The van der Waals surface area contributed by atoms with Gasteiger partial charge in [0.25, 0.3) is 0 Å². The first-order valence-corrected chi connectivity index (χ1v) is 14.7. The average molecular weight is 542 g/mol. The first-order chi connectivity index (χ1) is 18.1. The zero-order valence-corrected chi connectivity index (χ0v) is 24.3. The molecule has 12 unspecified atom stereocenters. The van der Waals surface area contributed by atoms with Crippen molar-refractivity contribution in [2.45, 2.75) is 97.2 Å². The number of hydrogen-bond donors (Lipinski definition) is 4. The van der Waals surface area contributed by atoms with Crippen molar-refractivity contribution in [3.8, 4) is 0 Å². The molecular formula is C32H47NO6. The second-order valence-corrected chi connectivity index (χ2v) is 14.4. The zero-order valence-electron chi connectivity index (χ0n) is 24.3. The highest BCUT2D eigenvalue weighted by atomic mass is 16.5. The van der Waals surface area contributed by atoms with E-state index in [1.165, 1.54) is 0 Å². The van der Waals surface area contributed by atoms with Crippen molar-refractivity contribution in [1.82, 2.24) is 0 Å². The fourth-order valence-electron chi connectivity index (χ4n) is 9.39. The van der Waals surface area contributed by atoms with Crippen molar-refractivity contribution in [3.05, 3.63) is 35.9 Å². The number of rotatable bonds is 5. The third-order valence-corrected chi connectivity index (χ3v) is 12.1. The number of fused-ring (bicyclic) bond motifs is 5. The lowest BCUT2D eigenvalue weighted by Crippen LogP contribution is -2.80. The Morgan fingerprint density at radius 3 is 2.38 bits per heavy atom. The van der Waals surface area contributed by atoms with Crippen molar-refractivity contribution in [3.63, 3.8) is 0 Å². The minimum atomic E-state index is -1.49. The van der Waals surface area contributed by atoms with Gasteiger partial charge in [0, 0.05) is 47.0 Å². The fourth-order valence-corrected chi connectivity index (χ4v) is 9.39. The molecular weight excluding hydrogens is 494 g/mol. The van der Waals surface area contributed by atoms with E-state index in [9.17, 15) is 24.9 Å². The van der Waals surface area contributed by atoms with E-state index in [0.29, 0.717) is 19.4 Å². The van der Waals surface area contributed by atoms with E-state index in [1.807, 2.05) is 65.0 Å². The maximum absolute atomic E-state index is 14.3. The fraction of sp³-hybridized carbons (Fsp3) is 0.750. The van der Waals surface area contributed by atoms with Gasteiger partial charge in [0.15, 0.2) is 5.78 Å². The molecule has 1 aromatic carbocycles. The molecule has 1 heterocycles. The Labute approximate surface area is 232 Å². The molecule has 7 heteroatoms. The molecule has 1 aromatic rings. The molecule has 7 nitrogen and oxygen atoms in total. The van der Waals surface area contributed by atoms with Gasteiger partial charge in [-0.05, 0) is 36.2 Å². The highest BCUT2D eigenvalue weighted by molar-refractivity contribution is 5.88. The molecule has 2 bridgehead atoms. The molecule has 5 N–H and O–H groups in total. The summed E-state index contributed by atoms with van der Waals surface area (Å²) in [7, 11) is 0. The Bertz CT molecular complexity index is 1120. The molecule has 3 saturated carbocycles. The summed E-state index contributed by atoms with van der Waals surface area (Å²) in [4.78, 5) is 27.8. The number of benzene rings is 1. The maximum Gasteiger partial charge on any atom is 0.165 e. The number of carbonyl (C=O) groups excluding carboxylic acids is 2. The van der Waals surface area contributed by atoms with E-state index in [4.69, 9.17) is 10.5 Å². The highest BCUT2D eigenvalue weighted by Gasteiger charge is 2.74. The van der Waals surface area contributed by atoms with Crippen LogP contribution in [0.15, 0.2) is 30.3 Å². The Hall–Kier alpha value is -1.64. The molecule has 39 heavy (non-hydrogen) atoms. The predicted molar refractivity (Wildman–Crippen MR) is 147 cm³/mol. The molecule has 12 atom stereocenters. The van der Waals surface area contributed by atoms with E-state index >= 15 is 0 Å². The van der Waals surface area contributed by atoms with Crippen LogP contribution in [-0.2, 0) is 20.7 Å². The smallest absolute Gasteiger partial charge is 0.165 e. The monoisotopic (exact) mass is 541 g/mol. The largest absolute Gasteiger partial charge is 0.392 e. The van der Waals surface area contributed by atoms with E-state index in [2.05, 4.69) is 0 Å². The second-order valence-electron chi connectivity index (χ2n) is 14.4. The van der Waals surface area contributed by atoms with E-state index in [0.717, 1.165) is 5.56 Å². The summed E-state index contributed by atoms with van der Waals surface area (Å²) in [5.41, 5.74) is 4.07. The van der Waals surface area contributed by atoms with Crippen molar-refractivity contribution in [2.24, 2.45) is 51.6 Å². The Balaban J connectivity index is 1.52. The summed E-state index contributed by atoms with van der Waals surface area (Å²) in [6, 6.07) is 9.09. The molecule has 3 aliphatic carbocycles. The number of ether oxygens (including phenoxy) is 1. The molecule has 1 aliphatic heterocycles. The Morgan fingerprint density at radius 2 is 1.79 bits per heavy atom. The third kappa shape index (κ3) is 3.94. The van der Waals surface area contributed by atoms with Gasteiger partial charge in [-0.2, -0.15) is 0 Å². The summed E-state index contributed by atoms with van der Waals surface area (Å²) in [6.45, 7) is 11.9. The summed E-state index contributed by atoms with van der Waals surface area (Å²) < 4.78 is 5.83. The van der Waals surface area contributed by atoms with Crippen LogP contribution in [0.25, 0.3) is 0 Å². The molecule has 0 spiro atoms. The standard InChI is InChI=1S/C32H47NO6/c1-17(12-19-10-8-7-9-11-19)21(34)13-20-15-32(38)27(33)26-30(5)16-39-23(30)14-22(35)31(26,6)28(37)25(36)24(18(20)2)29(32,3)4/h7-11,17-18,20,22-24,26-28,35,37-38H,12-16,33H2,1-6H3. The van der Waals surface area contributed by atoms with Crippen molar-refractivity contribution < 1.29 is 29.6 Å². The lowest BCUT2D eigenvalue weighted by atomic mass is 9.39. The van der Waals surface area contributed by atoms with Crippen molar-refractivity contribution in [1.29, 1.82) is 0 Å². The van der Waals surface area contributed by atoms with Gasteiger partial charge in [0.2, 0.25) is 0 Å². The van der Waals surface area contributed by atoms with E-state index < -0.39 is 51.9 Å². The summed E-state index contributed by atoms with van der Waals surface area (Å²) in [5.74, 6) is -2.24. The number of ketones is 2. The van der Waals surface area contributed by atoms with Gasteiger partial charge in [0.05, 0.1) is 24.4 Å². The number of hydrogen-bond acceptors (Lipinski definition) is 7. The van der Waals surface area contributed by atoms with Crippen LogP contribution in [0.5, 0.6) is 0 Å². The minimum absolute atomic E-state index is 0.104. The van der Waals surface area contributed by atoms with Crippen molar-refractivity contribution >= 4 is 11.6 Å². The summed E-state index contributed by atoms with van der Waals surface area (Å²) in [6.07, 6.45) is -1.20. The van der Waals surface area contributed by atoms with Crippen LogP contribution in [0.4, 0.5) is 0 Å². The quantitative estimate of drug-likeness (QED) is 0.451. The molecule has 0 radical (unpaired) electrons. The number of aliphatic hydroxyl groups excluding tert-OH is 2. The van der Waals surface area contributed by atoms with Crippen LogP contribution in [0, 0.1) is 45.8 Å². The topological polar surface area (TPSA) is 130 Å². The van der Waals surface area contributed by atoms with Gasteiger partial charge in [-0.1, -0.05) is 71.9 Å². The third-order valence-electron chi connectivity index (χ3n) is 12.1. The average Bonchev–Trinajstić information content (AvgIpc) is 2.88. The van der Waals surface area contributed by atoms with E-state index in [-0.39, 0.29) is 48.3 Å². The predicted octanol–water partition coefficient (Wildman–Crippen LogP) is 2.92. The van der Waals surface area contributed by atoms with Gasteiger partial charge in [-0.15, -0.1) is 0 Å². The van der Waals surface area contributed by atoms with Crippen molar-refractivity contribution in [2.75, 3.05) is 6.61 Å². The normalized spacial score (nSPS) is 47.6. The van der Waals surface area contributed by atoms with Crippen LogP contribution < -0.4 is 5.73 Å². The molecule has 0 amide bonds. The van der Waals surface area contributed by atoms with Crippen LogP contribution in [0.1, 0.15) is 66.4 Å². The molecule has 1 saturated heterocycles. The number of aliphatic hydroxyl groups is 3. The van der Waals surface area contributed by atoms with Crippen LogP contribution >= 0.6 is 0 Å².